The number of hydrogen-bond donors (Lipinski definition) is 2. The van der Waals surface area contributed by atoms with E-state index in [1.807, 2.05) is 31.2 Å². The number of carbonyl (C=O) groups is 2. The van der Waals surface area contributed by atoms with E-state index in [9.17, 15) is 18.0 Å². The van der Waals surface area contributed by atoms with Crippen LogP contribution in [0.1, 0.15) is 29.5 Å². The van der Waals surface area contributed by atoms with E-state index in [-0.39, 0.29) is 23.3 Å². The molecule has 7 nitrogen and oxygen atoms in total. The summed E-state index contributed by atoms with van der Waals surface area (Å²) in [6.45, 7) is 2.19. The lowest BCUT2D eigenvalue weighted by Gasteiger charge is -2.18. The zero-order valence-corrected chi connectivity index (χ0v) is 18.1. The SMILES string of the molecule is Cc1ccc(CCNC(=O)CN(C)S(=O)(=O)c2ccc3c(c2)CCCC(=O)N3)cc1. The van der Waals surface area contributed by atoms with E-state index in [0.717, 1.165) is 15.4 Å². The van der Waals surface area contributed by atoms with Crippen molar-refractivity contribution in [2.45, 2.75) is 37.5 Å². The summed E-state index contributed by atoms with van der Waals surface area (Å²) < 4.78 is 26.8. The first-order chi connectivity index (χ1) is 14.3. The van der Waals surface area contributed by atoms with Crippen LogP contribution in [0, 0.1) is 6.92 Å². The molecule has 0 saturated carbocycles. The first-order valence-corrected chi connectivity index (χ1v) is 11.4. The first kappa shape index (κ1) is 22.0. The van der Waals surface area contributed by atoms with Crippen molar-refractivity contribution in [1.29, 1.82) is 0 Å². The second-order valence-corrected chi connectivity index (χ2v) is 9.61. The van der Waals surface area contributed by atoms with Crippen molar-refractivity contribution in [3.63, 3.8) is 0 Å². The highest BCUT2D eigenvalue weighted by atomic mass is 32.2. The number of hydrogen-bond acceptors (Lipinski definition) is 4. The van der Waals surface area contributed by atoms with Crippen LogP contribution in [-0.4, -0.2) is 44.7 Å². The predicted molar refractivity (Wildman–Crippen MR) is 116 cm³/mol. The Labute approximate surface area is 177 Å². The molecule has 0 aromatic heterocycles. The van der Waals surface area contributed by atoms with E-state index in [4.69, 9.17) is 0 Å². The van der Waals surface area contributed by atoms with Crippen molar-refractivity contribution >= 4 is 27.5 Å². The molecule has 2 aromatic carbocycles. The highest BCUT2D eigenvalue weighted by molar-refractivity contribution is 7.89. The predicted octanol–water partition coefficient (Wildman–Crippen LogP) is 2.25. The van der Waals surface area contributed by atoms with Crippen molar-refractivity contribution in [3.8, 4) is 0 Å². The summed E-state index contributed by atoms with van der Waals surface area (Å²) in [6.07, 6.45) is 2.39. The van der Waals surface area contributed by atoms with Gasteiger partial charge in [0.15, 0.2) is 0 Å². The van der Waals surface area contributed by atoms with Crippen molar-refractivity contribution < 1.29 is 18.0 Å². The van der Waals surface area contributed by atoms with E-state index < -0.39 is 10.0 Å². The monoisotopic (exact) mass is 429 g/mol. The number of fused-ring (bicyclic) bond motifs is 1. The average Bonchev–Trinajstić information content (AvgIpc) is 2.89. The first-order valence-electron chi connectivity index (χ1n) is 9.97. The number of nitrogens with zero attached hydrogens (tertiary/aromatic N) is 1. The third kappa shape index (κ3) is 5.46. The number of aryl methyl sites for hydroxylation is 2. The second kappa shape index (κ2) is 9.40. The van der Waals surface area contributed by atoms with Crippen LogP contribution < -0.4 is 10.6 Å². The molecule has 0 bridgehead atoms. The van der Waals surface area contributed by atoms with Gasteiger partial charge in [0, 0.05) is 25.7 Å². The molecule has 0 atom stereocenters. The van der Waals surface area contributed by atoms with Crippen molar-refractivity contribution in [3.05, 3.63) is 59.2 Å². The number of carbonyl (C=O) groups excluding carboxylic acids is 2. The summed E-state index contributed by atoms with van der Waals surface area (Å²) >= 11 is 0. The van der Waals surface area contributed by atoms with Crippen LogP contribution in [-0.2, 0) is 32.5 Å². The lowest BCUT2D eigenvalue weighted by molar-refractivity contribution is -0.121. The second-order valence-electron chi connectivity index (χ2n) is 7.57. The van der Waals surface area contributed by atoms with Gasteiger partial charge in [-0.15, -0.1) is 0 Å². The number of anilines is 1. The molecule has 30 heavy (non-hydrogen) atoms. The maximum absolute atomic E-state index is 12.9. The largest absolute Gasteiger partial charge is 0.355 e. The summed E-state index contributed by atoms with van der Waals surface area (Å²) in [5.41, 5.74) is 3.72. The number of benzene rings is 2. The van der Waals surface area contributed by atoms with Crippen LogP contribution in [0.2, 0.25) is 0 Å². The molecule has 1 aliphatic heterocycles. The standard InChI is InChI=1S/C22H27N3O4S/c1-16-6-8-17(9-7-16)12-13-23-22(27)15-25(2)30(28,29)19-10-11-20-18(14-19)4-3-5-21(26)24-20/h6-11,14H,3-5,12-13,15H2,1-2H3,(H,23,27)(H,24,26). The molecule has 3 rings (SSSR count). The Morgan fingerprint density at radius 1 is 1.13 bits per heavy atom. The van der Waals surface area contributed by atoms with Gasteiger partial charge in [-0.25, -0.2) is 8.42 Å². The lowest BCUT2D eigenvalue weighted by atomic mass is 10.1. The molecule has 0 aliphatic carbocycles. The molecule has 160 valence electrons. The van der Waals surface area contributed by atoms with Crippen LogP contribution in [0.3, 0.4) is 0 Å². The fourth-order valence-electron chi connectivity index (χ4n) is 3.34. The van der Waals surface area contributed by atoms with E-state index in [1.54, 1.807) is 12.1 Å². The summed E-state index contributed by atoms with van der Waals surface area (Å²) in [6, 6.07) is 12.7. The quantitative estimate of drug-likeness (QED) is 0.706. The number of sulfonamides is 1. The zero-order valence-electron chi connectivity index (χ0n) is 17.3. The normalized spacial score (nSPS) is 14.0. The van der Waals surface area contributed by atoms with Gasteiger partial charge in [0.25, 0.3) is 0 Å². The van der Waals surface area contributed by atoms with Gasteiger partial charge in [-0.3, -0.25) is 9.59 Å². The molecule has 0 saturated heterocycles. The molecule has 0 fully saturated rings. The Morgan fingerprint density at radius 2 is 1.87 bits per heavy atom. The van der Waals surface area contributed by atoms with Gasteiger partial charge in [-0.1, -0.05) is 29.8 Å². The number of likely N-dealkylation sites (N-methyl/N-ethyl adjacent to an activating group) is 1. The minimum absolute atomic E-state index is 0.0659. The molecule has 0 radical (unpaired) electrons. The topological polar surface area (TPSA) is 95.6 Å². The average molecular weight is 430 g/mol. The van der Waals surface area contributed by atoms with E-state index >= 15 is 0 Å². The van der Waals surface area contributed by atoms with Gasteiger partial charge in [0.1, 0.15) is 0 Å². The molecule has 0 spiro atoms. The Balaban J connectivity index is 1.59. The summed E-state index contributed by atoms with van der Waals surface area (Å²) in [5.74, 6) is -0.418. The maximum Gasteiger partial charge on any atom is 0.243 e. The Kier molecular flexibility index (Phi) is 6.89. The highest BCUT2D eigenvalue weighted by Crippen LogP contribution is 2.26. The van der Waals surface area contributed by atoms with Gasteiger partial charge in [0.05, 0.1) is 11.4 Å². The van der Waals surface area contributed by atoms with E-state index in [0.29, 0.717) is 37.9 Å². The molecule has 2 N–H and O–H groups in total. The fourth-order valence-corrected chi connectivity index (χ4v) is 4.51. The van der Waals surface area contributed by atoms with Crippen molar-refractivity contribution in [1.82, 2.24) is 9.62 Å². The zero-order chi connectivity index (χ0) is 21.7. The van der Waals surface area contributed by atoms with Crippen LogP contribution in [0.4, 0.5) is 5.69 Å². The van der Waals surface area contributed by atoms with Gasteiger partial charge in [-0.05, 0) is 55.5 Å². The van der Waals surface area contributed by atoms with Crippen molar-refractivity contribution in [2.75, 3.05) is 25.5 Å². The summed E-state index contributed by atoms with van der Waals surface area (Å²) in [4.78, 5) is 24.0. The van der Waals surface area contributed by atoms with Crippen LogP contribution in [0.15, 0.2) is 47.4 Å². The maximum atomic E-state index is 12.9. The Morgan fingerprint density at radius 3 is 2.60 bits per heavy atom. The van der Waals surface area contributed by atoms with Crippen LogP contribution in [0.25, 0.3) is 0 Å². The molecule has 1 aliphatic rings. The number of nitrogens with one attached hydrogen (secondary N) is 2. The third-order valence-corrected chi connectivity index (χ3v) is 6.93. The minimum Gasteiger partial charge on any atom is -0.355 e. The minimum atomic E-state index is -3.82. The molecule has 1 heterocycles. The van der Waals surface area contributed by atoms with Crippen LogP contribution in [0.5, 0.6) is 0 Å². The van der Waals surface area contributed by atoms with Crippen LogP contribution >= 0.6 is 0 Å². The molecule has 8 heteroatoms. The third-order valence-electron chi connectivity index (χ3n) is 5.13. The van der Waals surface area contributed by atoms with E-state index in [1.165, 1.54) is 18.7 Å². The fraction of sp³-hybridized carbons (Fsp3) is 0.364. The molecule has 2 aromatic rings. The van der Waals surface area contributed by atoms with E-state index in [2.05, 4.69) is 10.6 Å². The smallest absolute Gasteiger partial charge is 0.243 e. The molecule has 0 unspecified atom stereocenters. The number of amides is 2. The van der Waals surface area contributed by atoms with Crippen molar-refractivity contribution in [2.24, 2.45) is 0 Å². The van der Waals surface area contributed by atoms with Gasteiger partial charge >= 0.3 is 0 Å². The molecular formula is C22H27N3O4S. The molecular weight excluding hydrogens is 402 g/mol. The Hall–Kier alpha value is -2.71. The van der Waals surface area contributed by atoms with Gasteiger partial charge in [0.2, 0.25) is 21.8 Å². The highest BCUT2D eigenvalue weighted by Gasteiger charge is 2.24. The molecule has 2 amide bonds. The summed E-state index contributed by atoms with van der Waals surface area (Å²) in [5, 5.41) is 5.56. The summed E-state index contributed by atoms with van der Waals surface area (Å²) in [7, 11) is -2.42. The van der Waals surface area contributed by atoms with Gasteiger partial charge in [-0.2, -0.15) is 4.31 Å². The Bertz CT molecular complexity index is 1030. The number of rotatable bonds is 7. The lowest BCUT2D eigenvalue weighted by Crippen LogP contribution is -2.39. The van der Waals surface area contributed by atoms with Gasteiger partial charge < -0.3 is 10.6 Å².